The highest BCUT2D eigenvalue weighted by Crippen LogP contribution is 2.33. The Balaban J connectivity index is 1.95. The maximum absolute atomic E-state index is 12.3. The summed E-state index contributed by atoms with van der Waals surface area (Å²) in [5, 5.41) is 8.96. The molecule has 0 saturated carbocycles. The van der Waals surface area contributed by atoms with Crippen LogP contribution < -0.4 is 16.0 Å². The third kappa shape index (κ3) is 4.98. The second-order valence-electron chi connectivity index (χ2n) is 6.13. The van der Waals surface area contributed by atoms with Crippen molar-refractivity contribution in [3.63, 3.8) is 0 Å². The van der Waals surface area contributed by atoms with Gasteiger partial charge in [0.05, 0.1) is 5.25 Å². The van der Waals surface area contributed by atoms with Crippen LogP contribution in [0.1, 0.15) is 33.6 Å². The molecule has 1 saturated heterocycles. The van der Waals surface area contributed by atoms with Crippen molar-refractivity contribution >= 4 is 23.6 Å². The van der Waals surface area contributed by atoms with Crippen molar-refractivity contribution in [2.75, 3.05) is 19.6 Å². The van der Waals surface area contributed by atoms with Crippen LogP contribution >= 0.6 is 11.8 Å². The fraction of sp³-hybridized carbons (Fsp3) is 0.556. The third-order valence-corrected chi connectivity index (χ3v) is 5.66. The molecule has 2 rings (SSSR count). The topological polar surface area (TPSA) is 70.2 Å². The van der Waals surface area contributed by atoms with Crippen molar-refractivity contribution in [2.45, 2.75) is 44.9 Å². The van der Waals surface area contributed by atoms with Gasteiger partial charge in [-0.2, -0.15) is 0 Å². The van der Waals surface area contributed by atoms with Gasteiger partial charge in [0, 0.05) is 29.6 Å². The minimum Gasteiger partial charge on any atom is -0.355 e. The average molecular weight is 350 g/mol. The average Bonchev–Trinajstić information content (AvgIpc) is 2.53. The summed E-state index contributed by atoms with van der Waals surface area (Å²) >= 11 is 1.47. The van der Waals surface area contributed by atoms with E-state index < -0.39 is 0 Å². The van der Waals surface area contributed by atoms with Gasteiger partial charge in [-0.3, -0.25) is 9.59 Å². The van der Waals surface area contributed by atoms with Crippen LogP contribution in [0.15, 0.2) is 34.3 Å². The van der Waals surface area contributed by atoms with Crippen molar-refractivity contribution in [3.8, 4) is 0 Å². The van der Waals surface area contributed by atoms with Crippen LogP contribution in [0.3, 0.4) is 0 Å². The quantitative estimate of drug-likeness (QED) is 0.656. The number of carbonyl (C=O) groups is 2. The molecule has 2 unspecified atom stereocenters. The molecule has 6 heteroatoms. The number of thioether (sulfide) groups is 1. The monoisotopic (exact) mass is 349 g/mol. The number of nitrogens with one attached hydrogen (secondary N) is 3. The highest BCUT2D eigenvalue weighted by atomic mass is 32.2. The van der Waals surface area contributed by atoms with Crippen LogP contribution in [0.25, 0.3) is 0 Å². The maximum Gasteiger partial charge on any atom is 0.248 e. The lowest BCUT2D eigenvalue weighted by molar-refractivity contribution is -0.120. The molecule has 2 atom stereocenters. The van der Waals surface area contributed by atoms with Gasteiger partial charge in [0.25, 0.3) is 0 Å². The Hall–Kier alpha value is -1.53. The molecule has 2 aliphatic heterocycles. The Labute approximate surface area is 148 Å². The molecule has 0 bridgehead atoms. The van der Waals surface area contributed by atoms with Gasteiger partial charge < -0.3 is 16.0 Å². The van der Waals surface area contributed by atoms with Crippen molar-refractivity contribution in [1.29, 1.82) is 0 Å². The van der Waals surface area contributed by atoms with E-state index in [9.17, 15) is 9.59 Å². The van der Waals surface area contributed by atoms with E-state index >= 15 is 0 Å². The van der Waals surface area contributed by atoms with Crippen molar-refractivity contribution in [1.82, 2.24) is 16.0 Å². The Morgan fingerprint density at radius 3 is 2.88 bits per heavy atom. The van der Waals surface area contributed by atoms with Crippen molar-refractivity contribution in [3.05, 3.63) is 34.3 Å². The molecule has 1 fully saturated rings. The number of rotatable bonds is 7. The van der Waals surface area contributed by atoms with Gasteiger partial charge in [-0.25, -0.2) is 0 Å². The number of carbonyl (C=O) groups excluding carboxylic acids is 2. The van der Waals surface area contributed by atoms with Crippen LogP contribution in [0.5, 0.6) is 0 Å². The largest absolute Gasteiger partial charge is 0.355 e. The molecule has 0 aromatic heterocycles. The normalized spacial score (nSPS) is 24.0. The zero-order valence-corrected chi connectivity index (χ0v) is 15.5. The summed E-state index contributed by atoms with van der Waals surface area (Å²) in [5.74, 6) is -0.0326. The van der Waals surface area contributed by atoms with Gasteiger partial charge >= 0.3 is 0 Å². The van der Waals surface area contributed by atoms with E-state index in [1.807, 2.05) is 39.0 Å². The summed E-state index contributed by atoms with van der Waals surface area (Å²) in [7, 11) is 0. The lowest BCUT2D eigenvalue weighted by Gasteiger charge is -2.28. The Bertz CT molecular complexity index is 577. The van der Waals surface area contributed by atoms with Crippen LogP contribution in [0, 0.1) is 0 Å². The van der Waals surface area contributed by atoms with E-state index in [2.05, 4.69) is 16.0 Å². The van der Waals surface area contributed by atoms with Gasteiger partial charge in [0.1, 0.15) is 0 Å². The van der Waals surface area contributed by atoms with Gasteiger partial charge in [-0.1, -0.05) is 18.2 Å². The fourth-order valence-electron chi connectivity index (χ4n) is 2.58. The molecule has 0 radical (unpaired) electrons. The van der Waals surface area contributed by atoms with Gasteiger partial charge in [0.2, 0.25) is 11.8 Å². The molecule has 0 aromatic rings. The first-order valence-electron chi connectivity index (χ1n) is 8.52. The molecule has 132 valence electrons. The standard InChI is InChI=1S/C18H27N3O2S/c1-4-5-6-14-11-21-17(22)12(2)16(14)24-13(3)18(23)20-10-8-15-7-9-19-15/h4-6,13,15,19H,7-11H2,1-3H3,(H,20,23)(H,21,22)/b5-4-,14-6+. The van der Waals surface area contributed by atoms with Gasteiger partial charge in [-0.05, 0) is 45.7 Å². The van der Waals surface area contributed by atoms with Gasteiger partial charge in [0.15, 0.2) is 0 Å². The van der Waals surface area contributed by atoms with E-state index in [0.29, 0.717) is 24.7 Å². The number of hydrogen-bond acceptors (Lipinski definition) is 4. The van der Waals surface area contributed by atoms with Crippen molar-refractivity contribution in [2.24, 2.45) is 0 Å². The summed E-state index contributed by atoms with van der Waals surface area (Å²) in [6.07, 6.45) is 8.07. The molecule has 2 aliphatic rings. The summed E-state index contributed by atoms with van der Waals surface area (Å²) < 4.78 is 0. The van der Waals surface area contributed by atoms with Crippen LogP contribution in [-0.4, -0.2) is 42.7 Å². The van der Waals surface area contributed by atoms with E-state index in [1.54, 1.807) is 0 Å². The van der Waals surface area contributed by atoms with Crippen LogP contribution in [0.2, 0.25) is 0 Å². The summed E-state index contributed by atoms with van der Waals surface area (Å²) in [5.41, 5.74) is 1.73. The zero-order chi connectivity index (χ0) is 17.5. The first kappa shape index (κ1) is 18.8. The molecule has 2 amide bonds. The summed E-state index contributed by atoms with van der Waals surface area (Å²) in [6, 6.07) is 0.551. The highest BCUT2D eigenvalue weighted by molar-refractivity contribution is 8.04. The molecule has 0 aliphatic carbocycles. The molecule has 2 heterocycles. The minimum absolute atomic E-state index is 0.0241. The lowest BCUT2D eigenvalue weighted by Crippen LogP contribution is -2.45. The van der Waals surface area contributed by atoms with Crippen LogP contribution in [0.4, 0.5) is 0 Å². The van der Waals surface area contributed by atoms with E-state index in [4.69, 9.17) is 0 Å². The molecule has 24 heavy (non-hydrogen) atoms. The number of amides is 2. The SMILES string of the molecule is C/C=C\C=C1/CNC(=O)C(C)=C1SC(C)C(=O)NCCC1CCN1. The van der Waals surface area contributed by atoms with E-state index in [1.165, 1.54) is 18.2 Å². The second kappa shape index (κ2) is 9.08. The molecule has 5 nitrogen and oxygen atoms in total. The minimum atomic E-state index is -0.232. The molecular formula is C18H27N3O2S. The zero-order valence-electron chi connectivity index (χ0n) is 14.6. The Kier molecular flexibility index (Phi) is 7.12. The van der Waals surface area contributed by atoms with Crippen molar-refractivity contribution < 1.29 is 9.59 Å². The smallest absolute Gasteiger partial charge is 0.248 e. The highest BCUT2D eigenvalue weighted by Gasteiger charge is 2.25. The predicted molar refractivity (Wildman–Crippen MR) is 99.7 cm³/mol. The number of allylic oxidation sites excluding steroid dienone is 3. The fourth-order valence-corrected chi connectivity index (χ4v) is 3.69. The Morgan fingerprint density at radius 1 is 1.50 bits per heavy atom. The lowest BCUT2D eigenvalue weighted by atomic mass is 10.0. The molecule has 0 aromatic carbocycles. The first-order chi connectivity index (χ1) is 11.5. The maximum atomic E-state index is 12.3. The molecular weight excluding hydrogens is 322 g/mol. The van der Waals surface area contributed by atoms with E-state index in [-0.39, 0.29) is 17.1 Å². The summed E-state index contributed by atoms with van der Waals surface area (Å²) in [6.45, 7) is 7.94. The Morgan fingerprint density at radius 2 is 2.25 bits per heavy atom. The van der Waals surface area contributed by atoms with Crippen LogP contribution in [-0.2, 0) is 9.59 Å². The first-order valence-corrected chi connectivity index (χ1v) is 9.40. The molecule has 0 spiro atoms. The summed E-state index contributed by atoms with van der Waals surface area (Å²) in [4.78, 5) is 25.1. The van der Waals surface area contributed by atoms with E-state index in [0.717, 1.165) is 23.4 Å². The second-order valence-corrected chi connectivity index (χ2v) is 7.49. The number of hydrogen-bond donors (Lipinski definition) is 3. The molecule has 3 N–H and O–H groups in total. The third-order valence-electron chi connectivity index (χ3n) is 4.28. The predicted octanol–water partition coefficient (Wildman–Crippen LogP) is 1.88. The van der Waals surface area contributed by atoms with Gasteiger partial charge in [-0.15, -0.1) is 11.8 Å².